The van der Waals surface area contributed by atoms with Gasteiger partial charge in [-0.25, -0.2) is 9.78 Å². The van der Waals surface area contributed by atoms with Crippen molar-refractivity contribution in [3.63, 3.8) is 0 Å². The Morgan fingerprint density at radius 3 is 2.11 bits per heavy atom. The first-order valence-corrected chi connectivity index (χ1v) is 9.01. The average Bonchev–Trinajstić information content (AvgIpc) is 2.65. The van der Waals surface area contributed by atoms with Crippen LogP contribution in [0, 0.1) is 0 Å². The third kappa shape index (κ3) is 5.13. The van der Waals surface area contributed by atoms with E-state index in [0.29, 0.717) is 16.5 Å². The minimum absolute atomic E-state index is 0.0145. The largest absolute Gasteiger partial charge is 0.456 e. The molecule has 3 rings (SSSR count). The van der Waals surface area contributed by atoms with Crippen LogP contribution in [0.3, 0.4) is 0 Å². The summed E-state index contributed by atoms with van der Waals surface area (Å²) in [5, 5.41) is 5.46. The van der Waals surface area contributed by atoms with Crippen molar-refractivity contribution in [1.29, 1.82) is 0 Å². The lowest BCUT2D eigenvalue weighted by Crippen LogP contribution is -2.34. The van der Waals surface area contributed by atoms with Gasteiger partial charge in [0.2, 0.25) is 0 Å². The number of benzene rings is 2. The first kappa shape index (κ1) is 19.9. The molecule has 2 N–H and O–H groups in total. The number of urea groups is 1. The second-order valence-electron chi connectivity index (χ2n) is 5.44. The molecule has 0 saturated heterocycles. The fraction of sp³-hybridized carbons (Fsp3) is 0. The molecular weight excluding hydrogens is 425 g/mol. The molecule has 2 aromatic carbocycles. The zero-order valence-electron chi connectivity index (χ0n) is 14.1. The topological polar surface area (TPSA) is 80.3 Å². The van der Waals surface area contributed by atoms with Crippen molar-refractivity contribution in [1.82, 2.24) is 10.3 Å². The SMILES string of the molecule is O=C(NC(=O)c1c(Cl)cccc1Cl)Nc1ccc(Oc2ccc(Cl)cc2)cn1. The molecule has 0 atom stereocenters. The number of aromatic nitrogens is 1. The van der Waals surface area contributed by atoms with Crippen LogP contribution in [-0.4, -0.2) is 16.9 Å². The predicted octanol–water partition coefficient (Wildman–Crippen LogP) is 5.80. The number of halogens is 3. The molecule has 0 spiro atoms. The monoisotopic (exact) mass is 435 g/mol. The molecule has 3 amide bonds. The van der Waals surface area contributed by atoms with Gasteiger partial charge < -0.3 is 4.74 Å². The highest BCUT2D eigenvalue weighted by Gasteiger charge is 2.17. The van der Waals surface area contributed by atoms with Gasteiger partial charge in [-0.15, -0.1) is 0 Å². The lowest BCUT2D eigenvalue weighted by molar-refractivity contribution is 0.0967. The Hall–Kier alpha value is -2.80. The number of hydrogen-bond acceptors (Lipinski definition) is 4. The number of imide groups is 1. The smallest absolute Gasteiger partial charge is 0.327 e. The average molecular weight is 437 g/mol. The van der Waals surface area contributed by atoms with Crippen LogP contribution in [0.2, 0.25) is 15.1 Å². The maximum Gasteiger partial charge on any atom is 0.327 e. The summed E-state index contributed by atoms with van der Waals surface area (Å²) < 4.78 is 5.61. The second-order valence-corrected chi connectivity index (χ2v) is 6.69. The molecule has 0 aliphatic rings. The first-order valence-electron chi connectivity index (χ1n) is 7.88. The van der Waals surface area contributed by atoms with Crippen molar-refractivity contribution in [2.24, 2.45) is 0 Å². The van der Waals surface area contributed by atoms with Crippen molar-refractivity contribution in [2.75, 3.05) is 5.32 Å². The van der Waals surface area contributed by atoms with Crippen molar-refractivity contribution in [3.05, 3.63) is 81.4 Å². The van der Waals surface area contributed by atoms with Crippen molar-refractivity contribution >= 4 is 52.6 Å². The Morgan fingerprint density at radius 2 is 1.50 bits per heavy atom. The number of carbonyl (C=O) groups excluding carboxylic acids is 2. The van der Waals surface area contributed by atoms with Crippen molar-refractivity contribution < 1.29 is 14.3 Å². The van der Waals surface area contributed by atoms with Crippen molar-refractivity contribution in [3.8, 4) is 11.5 Å². The molecule has 0 unspecified atom stereocenters. The number of nitrogens with zero attached hydrogens (tertiary/aromatic N) is 1. The molecule has 0 saturated carbocycles. The summed E-state index contributed by atoms with van der Waals surface area (Å²) >= 11 is 17.7. The minimum atomic E-state index is -0.778. The highest BCUT2D eigenvalue weighted by atomic mass is 35.5. The van der Waals surface area contributed by atoms with E-state index in [1.807, 2.05) is 0 Å². The van der Waals surface area contributed by atoms with Crippen LogP contribution < -0.4 is 15.4 Å². The Bertz CT molecular complexity index is 989. The number of nitrogens with one attached hydrogen (secondary N) is 2. The third-order valence-electron chi connectivity index (χ3n) is 3.44. The number of hydrogen-bond donors (Lipinski definition) is 2. The summed E-state index contributed by atoms with van der Waals surface area (Å²) in [6, 6.07) is 13.8. The number of carbonyl (C=O) groups is 2. The first-order chi connectivity index (χ1) is 13.4. The van der Waals surface area contributed by atoms with Gasteiger partial charge in [0.15, 0.2) is 0 Å². The van der Waals surface area contributed by atoms with Gasteiger partial charge in [0, 0.05) is 5.02 Å². The maximum absolute atomic E-state index is 12.2. The second kappa shape index (κ2) is 8.93. The predicted molar refractivity (Wildman–Crippen MR) is 109 cm³/mol. The molecule has 1 heterocycles. The van der Waals surface area contributed by atoms with E-state index in [0.717, 1.165) is 0 Å². The number of amides is 3. The van der Waals surface area contributed by atoms with Gasteiger partial charge in [0.05, 0.1) is 21.8 Å². The molecule has 1 aromatic heterocycles. The van der Waals surface area contributed by atoms with Gasteiger partial charge in [0.1, 0.15) is 17.3 Å². The van der Waals surface area contributed by atoms with Crippen LogP contribution in [0.25, 0.3) is 0 Å². The molecule has 142 valence electrons. The van der Waals surface area contributed by atoms with E-state index in [-0.39, 0.29) is 21.4 Å². The Morgan fingerprint density at radius 1 is 0.857 bits per heavy atom. The summed E-state index contributed by atoms with van der Waals surface area (Å²) in [4.78, 5) is 28.3. The molecule has 3 aromatic rings. The van der Waals surface area contributed by atoms with E-state index >= 15 is 0 Å². The van der Waals surface area contributed by atoms with Crippen LogP contribution >= 0.6 is 34.8 Å². The molecule has 0 bridgehead atoms. The number of pyridine rings is 1. The van der Waals surface area contributed by atoms with Crippen LogP contribution in [0.5, 0.6) is 11.5 Å². The Labute approximate surface area is 175 Å². The number of rotatable bonds is 4. The zero-order chi connectivity index (χ0) is 20.1. The highest BCUT2D eigenvalue weighted by molar-refractivity contribution is 6.40. The van der Waals surface area contributed by atoms with Gasteiger partial charge >= 0.3 is 6.03 Å². The van der Waals surface area contributed by atoms with Gasteiger partial charge in [-0.2, -0.15) is 0 Å². The molecule has 0 radical (unpaired) electrons. The molecular formula is C19H12Cl3N3O3. The lowest BCUT2D eigenvalue weighted by Gasteiger charge is -2.09. The van der Waals surface area contributed by atoms with Crippen LogP contribution in [0.4, 0.5) is 10.6 Å². The van der Waals surface area contributed by atoms with Crippen LogP contribution in [0.15, 0.2) is 60.8 Å². The normalized spacial score (nSPS) is 10.2. The zero-order valence-corrected chi connectivity index (χ0v) is 16.3. The van der Waals surface area contributed by atoms with E-state index in [2.05, 4.69) is 15.6 Å². The fourth-order valence-corrected chi connectivity index (χ4v) is 2.88. The third-order valence-corrected chi connectivity index (χ3v) is 4.33. The van der Waals surface area contributed by atoms with Crippen molar-refractivity contribution in [2.45, 2.75) is 0 Å². The Kier molecular flexibility index (Phi) is 6.36. The number of anilines is 1. The summed E-state index contributed by atoms with van der Waals surface area (Å²) in [5.41, 5.74) is 0.0145. The van der Waals surface area contributed by atoms with Gasteiger partial charge in [-0.1, -0.05) is 40.9 Å². The standard InChI is InChI=1S/C19H12Cl3N3O3/c20-11-4-6-12(7-5-11)28-13-8-9-16(23-10-13)24-19(27)25-18(26)17-14(21)2-1-3-15(17)22/h1-10H,(H2,23,24,25,26,27). The minimum Gasteiger partial charge on any atom is -0.456 e. The molecule has 28 heavy (non-hydrogen) atoms. The summed E-state index contributed by atoms with van der Waals surface area (Å²) in [5.74, 6) is 0.550. The fourth-order valence-electron chi connectivity index (χ4n) is 2.18. The maximum atomic E-state index is 12.2. The lowest BCUT2D eigenvalue weighted by atomic mass is 10.2. The van der Waals surface area contributed by atoms with E-state index < -0.39 is 11.9 Å². The van der Waals surface area contributed by atoms with E-state index in [1.54, 1.807) is 36.4 Å². The van der Waals surface area contributed by atoms with Gasteiger partial charge in [0.25, 0.3) is 5.91 Å². The molecule has 0 fully saturated rings. The van der Waals surface area contributed by atoms with Gasteiger partial charge in [-0.3, -0.25) is 15.4 Å². The molecule has 9 heteroatoms. The molecule has 0 aliphatic carbocycles. The van der Waals surface area contributed by atoms with E-state index in [9.17, 15) is 9.59 Å². The molecule has 6 nitrogen and oxygen atoms in total. The van der Waals surface area contributed by atoms with E-state index in [4.69, 9.17) is 39.5 Å². The van der Waals surface area contributed by atoms with Crippen LogP contribution in [0.1, 0.15) is 10.4 Å². The van der Waals surface area contributed by atoms with Crippen LogP contribution in [-0.2, 0) is 0 Å². The molecule has 0 aliphatic heterocycles. The summed E-state index contributed by atoms with van der Waals surface area (Å²) in [6.45, 7) is 0. The Balaban J connectivity index is 1.60. The highest BCUT2D eigenvalue weighted by Crippen LogP contribution is 2.24. The van der Waals surface area contributed by atoms with Gasteiger partial charge in [-0.05, 0) is 48.5 Å². The summed E-state index contributed by atoms with van der Waals surface area (Å²) in [6.07, 6.45) is 1.43. The number of ether oxygens (including phenoxy) is 1. The quantitative estimate of drug-likeness (QED) is 0.542. The van der Waals surface area contributed by atoms with E-state index in [1.165, 1.54) is 24.4 Å². The summed E-state index contributed by atoms with van der Waals surface area (Å²) in [7, 11) is 0.